The number of nitrogens with zero attached hydrogens (tertiary/aromatic N) is 4. The van der Waals surface area contributed by atoms with Gasteiger partial charge in [-0.1, -0.05) is 19.9 Å². The Kier molecular flexibility index (Phi) is 4.48. The summed E-state index contributed by atoms with van der Waals surface area (Å²) in [5, 5.41) is 19.0. The summed E-state index contributed by atoms with van der Waals surface area (Å²) in [7, 11) is 0. The van der Waals surface area contributed by atoms with E-state index in [1.54, 1.807) is 12.1 Å². The van der Waals surface area contributed by atoms with Crippen LogP contribution in [0.4, 0.5) is 5.82 Å². The minimum Gasteiger partial charge on any atom is -0.368 e. The summed E-state index contributed by atoms with van der Waals surface area (Å²) in [4.78, 5) is 4.16. The normalized spacial score (nSPS) is 10.5. The summed E-state index contributed by atoms with van der Waals surface area (Å²) in [6, 6.07) is 7.33. The summed E-state index contributed by atoms with van der Waals surface area (Å²) < 4.78 is 2.59. The number of hydrogen-bond donors (Lipinski definition) is 2. The number of H-pyrrole nitrogens is 1. The molecule has 0 aliphatic heterocycles. The number of aromatic nitrogens is 4. The van der Waals surface area contributed by atoms with Crippen LogP contribution in [0.2, 0.25) is 0 Å². The number of hydrogen-bond acceptors (Lipinski definition) is 5. The topological polar surface area (TPSA) is 82.3 Å². The average molecular weight is 288 g/mol. The van der Waals surface area contributed by atoms with Crippen molar-refractivity contribution in [2.24, 2.45) is 0 Å². The monoisotopic (exact) mass is 288 g/mol. The fourth-order valence-electron chi connectivity index (χ4n) is 1.88. The van der Waals surface area contributed by atoms with Gasteiger partial charge in [-0.2, -0.15) is 10.4 Å². The van der Waals surface area contributed by atoms with Crippen LogP contribution in [0.25, 0.3) is 0 Å². The van der Waals surface area contributed by atoms with E-state index in [0.717, 1.165) is 5.82 Å². The molecule has 2 rings (SSSR count). The SMILES string of the molecule is CC(C)c1n[nH]c(=S)n1CCNc1cccc(C#N)n1. The lowest BCUT2D eigenvalue weighted by Crippen LogP contribution is -2.14. The summed E-state index contributed by atoms with van der Waals surface area (Å²) in [6.45, 7) is 5.51. The molecule has 0 aromatic carbocycles. The highest BCUT2D eigenvalue weighted by atomic mass is 32.1. The first-order valence-corrected chi connectivity index (χ1v) is 6.78. The highest BCUT2D eigenvalue weighted by molar-refractivity contribution is 7.71. The minimum absolute atomic E-state index is 0.308. The number of nitriles is 1. The quantitative estimate of drug-likeness (QED) is 0.826. The van der Waals surface area contributed by atoms with Crippen LogP contribution in [0.5, 0.6) is 0 Å². The smallest absolute Gasteiger partial charge is 0.195 e. The van der Waals surface area contributed by atoms with Crippen molar-refractivity contribution in [1.29, 1.82) is 5.26 Å². The van der Waals surface area contributed by atoms with Gasteiger partial charge in [0.15, 0.2) is 4.77 Å². The predicted molar refractivity (Wildman–Crippen MR) is 78.9 cm³/mol. The van der Waals surface area contributed by atoms with Gasteiger partial charge in [0.2, 0.25) is 0 Å². The van der Waals surface area contributed by atoms with E-state index in [1.807, 2.05) is 16.7 Å². The van der Waals surface area contributed by atoms with Crippen LogP contribution in [0.1, 0.15) is 31.3 Å². The maximum absolute atomic E-state index is 8.80. The van der Waals surface area contributed by atoms with Crippen molar-refractivity contribution in [2.45, 2.75) is 26.3 Å². The number of rotatable bonds is 5. The van der Waals surface area contributed by atoms with E-state index >= 15 is 0 Å². The molecule has 0 fully saturated rings. The molecule has 2 heterocycles. The van der Waals surface area contributed by atoms with Gasteiger partial charge in [-0.3, -0.25) is 5.10 Å². The molecule has 0 unspecified atom stereocenters. The van der Waals surface area contributed by atoms with Crippen molar-refractivity contribution in [3.05, 3.63) is 34.5 Å². The lowest BCUT2D eigenvalue weighted by Gasteiger charge is -2.10. The third kappa shape index (κ3) is 3.22. The molecule has 0 bridgehead atoms. The zero-order valence-corrected chi connectivity index (χ0v) is 12.2. The largest absolute Gasteiger partial charge is 0.368 e. The van der Waals surface area contributed by atoms with E-state index < -0.39 is 0 Å². The minimum atomic E-state index is 0.308. The summed E-state index contributed by atoms with van der Waals surface area (Å²) in [5.41, 5.74) is 0.401. The second-order valence-electron chi connectivity index (χ2n) is 4.64. The first-order valence-electron chi connectivity index (χ1n) is 6.38. The zero-order chi connectivity index (χ0) is 14.5. The Morgan fingerprint density at radius 3 is 3.00 bits per heavy atom. The number of nitrogens with one attached hydrogen (secondary N) is 2. The van der Waals surface area contributed by atoms with Gasteiger partial charge in [0.05, 0.1) is 0 Å². The van der Waals surface area contributed by atoms with E-state index in [0.29, 0.717) is 35.3 Å². The molecule has 0 radical (unpaired) electrons. The Balaban J connectivity index is 2.01. The number of aromatic amines is 1. The van der Waals surface area contributed by atoms with Crippen LogP contribution >= 0.6 is 12.2 Å². The third-order valence-corrected chi connectivity index (χ3v) is 3.12. The standard InChI is InChI=1S/C13H16N6S/c1-9(2)12-17-18-13(20)19(12)7-6-15-11-5-3-4-10(8-14)16-11/h3-5,9H,6-7H2,1-2H3,(H,15,16)(H,18,20). The molecule has 6 nitrogen and oxygen atoms in total. The molecule has 7 heteroatoms. The zero-order valence-electron chi connectivity index (χ0n) is 11.4. The second-order valence-corrected chi connectivity index (χ2v) is 5.03. The summed E-state index contributed by atoms with van der Waals surface area (Å²) in [5.74, 6) is 1.93. The summed E-state index contributed by atoms with van der Waals surface area (Å²) >= 11 is 5.22. The molecule has 2 aromatic heterocycles. The Labute approximate surface area is 122 Å². The molecular weight excluding hydrogens is 272 g/mol. The highest BCUT2D eigenvalue weighted by Crippen LogP contribution is 2.11. The van der Waals surface area contributed by atoms with Gasteiger partial charge >= 0.3 is 0 Å². The molecule has 0 aliphatic carbocycles. The van der Waals surface area contributed by atoms with Crippen molar-refractivity contribution in [3.63, 3.8) is 0 Å². The van der Waals surface area contributed by atoms with Crippen LogP contribution in [0, 0.1) is 16.1 Å². The van der Waals surface area contributed by atoms with Crippen molar-refractivity contribution in [1.82, 2.24) is 19.7 Å². The van der Waals surface area contributed by atoms with Gasteiger partial charge in [-0.25, -0.2) is 4.98 Å². The maximum Gasteiger partial charge on any atom is 0.195 e. The van der Waals surface area contributed by atoms with E-state index in [-0.39, 0.29) is 0 Å². The highest BCUT2D eigenvalue weighted by Gasteiger charge is 2.09. The Morgan fingerprint density at radius 1 is 1.50 bits per heavy atom. The fourth-order valence-corrected chi connectivity index (χ4v) is 2.11. The van der Waals surface area contributed by atoms with Crippen molar-refractivity contribution >= 4 is 18.0 Å². The number of pyridine rings is 1. The van der Waals surface area contributed by atoms with Gasteiger partial charge in [-0.15, -0.1) is 0 Å². The van der Waals surface area contributed by atoms with E-state index in [1.165, 1.54) is 0 Å². The van der Waals surface area contributed by atoms with Crippen molar-refractivity contribution in [2.75, 3.05) is 11.9 Å². The van der Waals surface area contributed by atoms with Crippen LogP contribution < -0.4 is 5.32 Å². The molecule has 104 valence electrons. The lowest BCUT2D eigenvalue weighted by molar-refractivity contribution is 0.631. The first kappa shape index (κ1) is 14.2. The molecule has 0 atom stereocenters. The molecular formula is C13H16N6S. The van der Waals surface area contributed by atoms with Crippen molar-refractivity contribution in [3.8, 4) is 6.07 Å². The van der Waals surface area contributed by atoms with Crippen LogP contribution in [-0.4, -0.2) is 26.3 Å². The van der Waals surface area contributed by atoms with Gasteiger partial charge in [0.25, 0.3) is 0 Å². The van der Waals surface area contributed by atoms with Crippen LogP contribution in [0.3, 0.4) is 0 Å². The number of anilines is 1. The van der Waals surface area contributed by atoms with Crippen LogP contribution in [0.15, 0.2) is 18.2 Å². The van der Waals surface area contributed by atoms with E-state index in [4.69, 9.17) is 17.5 Å². The first-order chi connectivity index (χ1) is 9.61. The summed E-state index contributed by atoms with van der Waals surface area (Å²) in [6.07, 6.45) is 0. The van der Waals surface area contributed by atoms with Gasteiger partial charge in [-0.05, 0) is 24.4 Å². The Morgan fingerprint density at radius 2 is 2.30 bits per heavy atom. The maximum atomic E-state index is 8.80. The molecule has 0 aliphatic rings. The van der Waals surface area contributed by atoms with Crippen molar-refractivity contribution < 1.29 is 0 Å². The molecule has 0 saturated carbocycles. The Bertz CT molecular complexity index is 679. The average Bonchev–Trinajstić information content (AvgIpc) is 2.81. The predicted octanol–water partition coefficient (Wildman–Crippen LogP) is 2.44. The van der Waals surface area contributed by atoms with E-state index in [2.05, 4.69) is 34.3 Å². The molecule has 20 heavy (non-hydrogen) atoms. The van der Waals surface area contributed by atoms with Crippen LogP contribution in [-0.2, 0) is 6.54 Å². The molecule has 0 amide bonds. The van der Waals surface area contributed by atoms with Gasteiger partial charge < -0.3 is 9.88 Å². The Hall–Kier alpha value is -2.20. The third-order valence-electron chi connectivity index (χ3n) is 2.81. The van der Waals surface area contributed by atoms with Gasteiger partial charge in [0, 0.05) is 19.0 Å². The fraction of sp³-hybridized carbons (Fsp3) is 0.385. The molecule has 2 N–H and O–H groups in total. The lowest BCUT2D eigenvalue weighted by atomic mass is 10.2. The molecule has 0 saturated heterocycles. The molecule has 0 spiro atoms. The van der Waals surface area contributed by atoms with Gasteiger partial charge in [0.1, 0.15) is 23.4 Å². The van der Waals surface area contributed by atoms with E-state index in [9.17, 15) is 0 Å². The second kappa shape index (κ2) is 6.30. The molecule has 2 aromatic rings.